The van der Waals surface area contributed by atoms with E-state index < -0.39 is 0 Å². The zero-order chi connectivity index (χ0) is 14.2. The van der Waals surface area contributed by atoms with Crippen molar-refractivity contribution in [3.05, 3.63) is 28.5 Å². The molecule has 1 atom stereocenters. The molecule has 0 radical (unpaired) electrons. The van der Waals surface area contributed by atoms with E-state index in [2.05, 4.69) is 33.1 Å². The smallest absolute Gasteiger partial charge is 0.139 e. The molecule has 1 heterocycles. The lowest BCUT2D eigenvalue weighted by Crippen LogP contribution is -2.64. The molecular weight excluding hydrogens is 319 g/mol. The van der Waals surface area contributed by atoms with Gasteiger partial charge < -0.3 is 10.2 Å². The Morgan fingerprint density at radius 3 is 2.75 bits per heavy atom. The van der Waals surface area contributed by atoms with Crippen molar-refractivity contribution in [3.63, 3.8) is 0 Å². The Labute approximate surface area is 128 Å². The number of nitrogens with one attached hydrogen (secondary N) is 1. The number of nitrogens with zero attached hydrogens (tertiary/aromatic N) is 1. The van der Waals surface area contributed by atoms with Crippen LogP contribution in [0.5, 0.6) is 0 Å². The van der Waals surface area contributed by atoms with Gasteiger partial charge in [-0.1, -0.05) is 19.3 Å². The maximum atomic E-state index is 13.8. The Hall–Kier alpha value is -0.610. The molecule has 1 N–H and O–H groups in total. The summed E-state index contributed by atoms with van der Waals surface area (Å²) in [4.78, 5) is 2.37. The van der Waals surface area contributed by atoms with E-state index in [1.54, 1.807) is 6.07 Å². The van der Waals surface area contributed by atoms with E-state index in [0.717, 1.165) is 18.8 Å². The summed E-state index contributed by atoms with van der Waals surface area (Å²) in [7, 11) is 0. The molecule has 3 rings (SSSR count). The number of halogens is 2. The van der Waals surface area contributed by atoms with Gasteiger partial charge in [-0.2, -0.15) is 0 Å². The van der Waals surface area contributed by atoms with Gasteiger partial charge in [0.05, 0.1) is 4.47 Å². The normalized spacial score (nSPS) is 25.9. The van der Waals surface area contributed by atoms with Crippen LogP contribution in [-0.2, 0) is 0 Å². The number of benzene rings is 1. The lowest BCUT2D eigenvalue weighted by Gasteiger charge is -2.50. The van der Waals surface area contributed by atoms with E-state index in [9.17, 15) is 4.39 Å². The van der Waals surface area contributed by atoms with E-state index in [0.29, 0.717) is 10.5 Å². The van der Waals surface area contributed by atoms with Gasteiger partial charge in [0.25, 0.3) is 0 Å². The van der Waals surface area contributed by atoms with Crippen molar-refractivity contribution in [1.29, 1.82) is 0 Å². The van der Waals surface area contributed by atoms with Crippen molar-refractivity contribution in [2.75, 3.05) is 18.0 Å². The molecule has 2 aliphatic rings. The summed E-state index contributed by atoms with van der Waals surface area (Å²) in [5, 5.41) is 3.77. The molecule has 2 nitrogen and oxygen atoms in total. The zero-order valence-corrected chi connectivity index (χ0v) is 13.5. The van der Waals surface area contributed by atoms with Crippen molar-refractivity contribution in [2.24, 2.45) is 0 Å². The van der Waals surface area contributed by atoms with E-state index in [4.69, 9.17) is 0 Å². The van der Waals surface area contributed by atoms with Crippen LogP contribution in [0.25, 0.3) is 0 Å². The number of hydrogen-bond acceptors (Lipinski definition) is 2. The first-order valence-corrected chi connectivity index (χ1v) is 8.36. The minimum Gasteiger partial charge on any atom is -0.366 e. The van der Waals surface area contributed by atoms with Gasteiger partial charge in [0.15, 0.2) is 0 Å². The predicted octanol–water partition coefficient (Wildman–Crippen LogP) is 4.09. The summed E-state index contributed by atoms with van der Waals surface area (Å²) < 4.78 is 14.3. The molecule has 1 aromatic carbocycles. The lowest BCUT2D eigenvalue weighted by atomic mass is 9.79. The zero-order valence-electron chi connectivity index (χ0n) is 12.0. The van der Waals surface area contributed by atoms with Gasteiger partial charge in [-0.15, -0.1) is 0 Å². The van der Waals surface area contributed by atoms with Crippen LogP contribution < -0.4 is 10.2 Å². The summed E-state index contributed by atoms with van der Waals surface area (Å²) in [6, 6.07) is 5.89. The highest BCUT2D eigenvalue weighted by Gasteiger charge is 2.38. The summed E-state index contributed by atoms with van der Waals surface area (Å²) in [5.41, 5.74) is 1.25. The third-order valence-corrected chi connectivity index (χ3v) is 5.47. The Kier molecular flexibility index (Phi) is 4.04. The molecule has 0 amide bonds. The largest absolute Gasteiger partial charge is 0.366 e. The van der Waals surface area contributed by atoms with Crippen molar-refractivity contribution < 1.29 is 4.39 Å². The lowest BCUT2D eigenvalue weighted by molar-refractivity contribution is 0.200. The van der Waals surface area contributed by atoms with Gasteiger partial charge in [-0.05, 0) is 53.9 Å². The minimum absolute atomic E-state index is 0.175. The third kappa shape index (κ3) is 2.73. The van der Waals surface area contributed by atoms with Crippen LogP contribution in [0.15, 0.2) is 22.7 Å². The molecule has 1 spiro atoms. The first-order valence-electron chi connectivity index (χ1n) is 7.56. The van der Waals surface area contributed by atoms with Crippen LogP contribution in [-0.4, -0.2) is 24.7 Å². The van der Waals surface area contributed by atoms with Crippen LogP contribution in [0.4, 0.5) is 10.1 Å². The van der Waals surface area contributed by atoms with E-state index >= 15 is 0 Å². The highest BCUT2D eigenvalue weighted by atomic mass is 79.9. The highest BCUT2D eigenvalue weighted by Crippen LogP contribution is 2.34. The Balaban J connectivity index is 1.84. The molecule has 0 aromatic heterocycles. The maximum Gasteiger partial charge on any atom is 0.139 e. The monoisotopic (exact) mass is 340 g/mol. The first kappa shape index (κ1) is 14.3. The van der Waals surface area contributed by atoms with E-state index in [-0.39, 0.29) is 11.4 Å². The van der Waals surface area contributed by atoms with Gasteiger partial charge in [0, 0.05) is 30.4 Å². The fraction of sp³-hybridized carbons (Fsp3) is 0.625. The molecule has 4 heteroatoms. The molecule has 1 aromatic rings. The predicted molar refractivity (Wildman–Crippen MR) is 84.7 cm³/mol. The number of hydrogen-bond donors (Lipinski definition) is 1. The first-order chi connectivity index (χ1) is 9.60. The standard InChI is InChI=1S/C16H22BrFN2/c1-12-10-19-16(7-3-2-4-8-16)11-20(12)13-5-6-14(17)15(18)9-13/h5-6,9,12,19H,2-4,7-8,10-11H2,1H3. The highest BCUT2D eigenvalue weighted by molar-refractivity contribution is 9.10. The molecule has 1 aliphatic heterocycles. The Morgan fingerprint density at radius 1 is 1.30 bits per heavy atom. The van der Waals surface area contributed by atoms with Gasteiger partial charge in [-0.3, -0.25) is 0 Å². The van der Waals surface area contributed by atoms with Crippen molar-refractivity contribution in [1.82, 2.24) is 5.32 Å². The van der Waals surface area contributed by atoms with Crippen LogP contribution in [0, 0.1) is 5.82 Å². The molecule has 1 saturated carbocycles. The average Bonchev–Trinajstić information content (AvgIpc) is 2.46. The second kappa shape index (κ2) is 5.64. The van der Waals surface area contributed by atoms with Crippen molar-refractivity contribution >= 4 is 21.6 Å². The fourth-order valence-corrected chi connectivity index (χ4v) is 3.83. The Bertz CT molecular complexity index is 485. The van der Waals surface area contributed by atoms with E-state index in [1.165, 1.54) is 32.1 Å². The quantitative estimate of drug-likeness (QED) is 0.828. The fourth-order valence-electron chi connectivity index (χ4n) is 3.59. The molecular formula is C16H22BrFN2. The van der Waals surface area contributed by atoms with Gasteiger partial charge in [0.1, 0.15) is 5.82 Å². The molecule has 1 saturated heterocycles. The molecule has 0 bridgehead atoms. The summed E-state index contributed by atoms with van der Waals surface area (Å²) in [6.45, 7) is 4.19. The van der Waals surface area contributed by atoms with Gasteiger partial charge in [0.2, 0.25) is 0 Å². The number of rotatable bonds is 1. The SMILES string of the molecule is CC1CNC2(CCCCC2)CN1c1ccc(Br)c(F)c1. The average molecular weight is 341 g/mol. The molecule has 110 valence electrons. The number of anilines is 1. The van der Waals surface area contributed by atoms with Crippen LogP contribution >= 0.6 is 15.9 Å². The van der Waals surface area contributed by atoms with Gasteiger partial charge in [-0.25, -0.2) is 4.39 Å². The van der Waals surface area contributed by atoms with Crippen molar-refractivity contribution in [2.45, 2.75) is 50.6 Å². The van der Waals surface area contributed by atoms with Crippen LogP contribution in [0.2, 0.25) is 0 Å². The maximum absolute atomic E-state index is 13.8. The Morgan fingerprint density at radius 2 is 2.05 bits per heavy atom. The van der Waals surface area contributed by atoms with E-state index in [1.807, 2.05) is 12.1 Å². The molecule has 2 fully saturated rings. The van der Waals surface area contributed by atoms with Gasteiger partial charge >= 0.3 is 0 Å². The van der Waals surface area contributed by atoms with Crippen LogP contribution in [0.3, 0.4) is 0 Å². The van der Waals surface area contributed by atoms with Crippen molar-refractivity contribution in [3.8, 4) is 0 Å². The summed E-state index contributed by atoms with van der Waals surface area (Å²) in [6.07, 6.45) is 6.46. The number of piperazine rings is 1. The molecule has 1 unspecified atom stereocenters. The molecule has 20 heavy (non-hydrogen) atoms. The third-order valence-electron chi connectivity index (χ3n) is 4.82. The minimum atomic E-state index is -0.175. The molecule has 1 aliphatic carbocycles. The topological polar surface area (TPSA) is 15.3 Å². The second-order valence-electron chi connectivity index (χ2n) is 6.30. The summed E-state index contributed by atoms with van der Waals surface area (Å²) in [5.74, 6) is -0.175. The van der Waals surface area contributed by atoms with Crippen LogP contribution in [0.1, 0.15) is 39.0 Å². The second-order valence-corrected chi connectivity index (χ2v) is 7.15. The summed E-state index contributed by atoms with van der Waals surface area (Å²) >= 11 is 3.23.